The van der Waals surface area contributed by atoms with Crippen LogP contribution in [0.2, 0.25) is 10.0 Å². The lowest BCUT2D eigenvalue weighted by Gasteiger charge is -2.19. The molecule has 0 saturated carbocycles. The number of sulfonamides is 1. The molecule has 1 amide bonds. The number of nitrogens with one attached hydrogen (secondary N) is 1. The molecule has 0 aliphatic heterocycles. The Morgan fingerprint density at radius 2 is 1.61 bits per heavy atom. The summed E-state index contributed by atoms with van der Waals surface area (Å²) >= 11 is 11.7. The van der Waals surface area contributed by atoms with Crippen molar-refractivity contribution >= 4 is 56.8 Å². The Morgan fingerprint density at radius 1 is 0.968 bits per heavy atom. The molecule has 31 heavy (non-hydrogen) atoms. The molecule has 12 heteroatoms. The van der Waals surface area contributed by atoms with Crippen LogP contribution in [-0.4, -0.2) is 58.4 Å². The first kappa shape index (κ1) is 24.6. The molecule has 0 spiro atoms. The molecule has 1 N–H and O–H groups in total. The van der Waals surface area contributed by atoms with Crippen LogP contribution in [0.25, 0.3) is 0 Å². The van der Waals surface area contributed by atoms with Crippen molar-refractivity contribution < 1.29 is 32.3 Å². The highest BCUT2D eigenvalue weighted by Gasteiger charge is 2.30. The van der Waals surface area contributed by atoms with Crippen LogP contribution in [0.5, 0.6) is 0 Å². The molecule has 0 saturated heterocycles. The molecule has 0 aliphatic rings. The van der Waals surface area contributed by atoms with Crippen molar-refractivity contribution in [2.45, 2.75) is 4.90 Å². The van der Waals surface area contributed by atoms with Gasteiger partial charge in [0, 0.05) is 12.7 Å². The Kier molecular flexibility index (Phi) is 8.02. The standard InChI is InChI=1S/C19H18Cl2N2O7S/c1-23(10-17(24)22-12-5-7-14(20)15(21)9-12)31(27,28)16-8-11(18(25)29-2)4-6-13(16)19(26)30-3/h4-9H,10H2,1-3H3,(H,22,24). The van der Waals surface area contributed by atoms with Gasteiger partial charge in [0.1, 0.15) is 0 Å². The number of halogens is 2. The van der Waals surface area contributed by atoms with Crippen LogP contribution in [0.15, 0.2) is 41.3 Å². The summed E-state index contributed by atoms with van der Waals surface area (Å²) in [6.07, 6.45) is 0. The van der Waals surface area contributed by atoms with E-state index in [9.17, 15) is 22.8 Å². The fourth-order valence-electron chi connectivity index (χ4n) is 2.49. The van der Waals surface area contributed by atoms with E-state index >= 15 is 0 Å². The predicted octanol–water partition coefficient (Wildman–Crippen LogP) is 2.83. The lowest BCUT2D eigenvalue weighted by Crippen LogP contribution is -2.35. The predicted molar refractivity (Wildman–Crippen MR) is 114 cm³/mol. The molecule has 0 aromatic heterocycles. The second-order valence-corrected chi connectivity index (χ2v) is 8.96. The summed E-state index contributed by atoms with van der Waals surface area (Å²) in [5, 5.41) is 3.00. The van der Waals surface area contributed by atoms with Crippen LogP contribution in [0, 0.1) is 0 Å². The topological polar surface area (TPSA) is 119 Å². The molecule has 0 aliphatic carbocycles. The van der Waals surface area contributed by atoms with Crippen LogP contribution < -0.4 is 5.32 Å². The quantitative estimate of drug-likeness (QED) is 0.594. The molecule has 0 radical (unpaired) electrons. The van der Waals surface area contributed by atoms with Crippen LogP contribution in [0.4, 0.5) is 5.69 Å². The van der Waals surface area contributed by atoms with Gasteiger partial charge in [-0.3, -0.25) is 4.79 Å². The van der Waals surface area contributed by atoms with E-state index in [2.05, 4.69) is 14.8 Å². The third kappa shape index (κ3) is 5.73. The summed E-state index contributed by atoms with van der Waals surface area (Å²) in [4.78, 5) is 35.7. The first-order valence-corrected chi connectivity index (χ1v) is 10.7. The molecule has 0 heterocycles. The minimum absolute atomic E-state index is 0.0950. The Morgan fingerprint density at radius 3 is 2.19 bits per heavy atom. The highest BCUT2D eigenvalue weighted by Crippen LogP contribution is 2.25. The average molecular weight is 489 g/mol. The number of ether oxygens (including phenoxy) is 2. The molecule has 0 fully saturated rings. The first-order valence-electron chi connectivity index (χ1n) is 8.53. The maximum absolute atomic E-state index is 13.1. The summed E-state index contributed by atoms with van der Waals surface area (Å²) in [6, 6.07) is 7.73. The van der Waals surface area contributed by atoms with Gasteiger partial charge >= 0.3 is 11.9 Å². The molecule has 2 rings (SSSR count). The van der Waals surface area contributed by atoms with E-state index in [1.807, 2.05) is 0 Å². The van der Waals surface area contributed by atoms with E-state index in [0.717, 1.165) is 37.7 Å². The third-order valence-corrected chi connectivity index (χ3v) is 6.65. The number of anilines is 1. The highest BCUT2D eigenvalue weighted by atomic mass is 35.5. The van der Waals surface area contributed by atoms with Crippen molar-refractivity contribution in [3.05, 3.63) is 57.6 Å². The number of likely N-dealkylation sites (N-methyl/N-ethyl adjacent to an activating group) is 1. The first-order chi connectivity index (χ1) is 14.5. The Balaban J connectivity index is 2.33. The lowest BCUT2D eigenvalue weighted by molar-refractivity contribution is -0.116. The van der Waals surface area contributed by atoms with E-state index in [1.165, 1.54) is 24.3 Å². The maximum atomic E-state index is 13.1. The number of hydrogen-bond acceptors (Lipinski definition) is 7. The third-order valence-electron chi connectivity index (χ3n) is 4.07. The van der Waals surface area contributed by atoms with Crippen molar-refractivity contribution in [2.24, 2.45) is 0 Å². The fourth-order valence-corrected chi connectivity index (χ4v) is 4.11. The van der Waals surface area contributed by atoms with Crippen molar-refractivity contribution in [3.8, 4) is 0 Å². The lowest BCUT2D eigenvalue weighted by atomic mass is 10.1. The Hall–Kier alpha value is -2.66. The van der Waals surface area contributed by atoms with Gasteiger partial charge in [-0.25, -0.2) is 18.0 Å². The number of benzene rings is 2. The molecule has 0 unspecified atom stereocenters. The molecule has 0 atom stereocenters. The molecule has 9 nitrogen and oxygen atoms in total. The summed E-state index contributed by atoms with van der Waals surface area (Å²) in [6.45, 7) is -0.592. The molecule has 166 valence electrons. The largest absolute Gasteiger partial charge is 0.465 e. The zero-order valence-corrected chi connectivity index (χ0v) is 19.0. The smallest absolute Gasteiger partial charge is 0.339 e. The van der Waals surface area contributed by atoms with Gasteiger partial charge in [0.25, 0.3) is 0 Å². The van der Waals surface area contributed by atoms with Gasteiger partial charge in [-0.15, -0.1) is 0 Å². The van der Waals surface area contributed by atoms with E-state index in [1.54, 1.807) is 0 Å². The van der Waals surface area contributed by atoms with E-state index < -0.39 is 39.3 Å². The van der Waals surface area contributed by atoms with Gasteiger partial charge in [-0.1, -0.05) is 23.2 Å². The molecular formula is C19H18Cl2N2O7S. The molecule has 0 bridgehead atoms. The minimum atomic E-state index is -4.37. The summed E-state index contributed by atoms with van der Waals surface area (Å²) in [5.41, 5.74) is -0.0811. The van der Waals surface area contributed by atoms with Gasteiger partial charge in [0.15, 0.2) is 0 Å². The number of amides is 1. The van der Waals surface area contributed by atoms with E-state index in [4.69, 9.17) is 23.2 Å². The number of rotatable bonds is 7. The Bertz CT molecular complexity index is 1140. The van der Waals surface area contributed by atoms with Crippen LogP contribution in [0.1, 0.15) is 20.7 Å². The summed E-state index contributed by atoms with van der Waals surface area (Å²) in [5.74, 6) is -2.40. The van der Waals surface area contributed by atoms with Gasteiger partial charge < -0.3 is 14.8 Å². The Labute approximate surface area is 188 Å². The van der Waals surface area contributed by atoms with Crippen LogP contribution >= 0.6 is 23.2 Å². The average Bonchev–Trinajstić information content (AvgIpc) is 2.74. The van der Waals surface area contributed by atoms with Gasteiger partial charge in [0.2, 0.25) is 15.9 Å². The summed E-state index contributed by atoms with van der Waals surface area (Å²) < 4.78 is 36.1. The number of nitrogens with zero attached hydrogens (tertiary/aromatic N) is 1. The zero-order chi connectivity index (χ0) is 23.3. The van der Waals surface area contributed by atoms with E-state index in [-0.39, 0.29) is 16.1 Å². The van der Waals surface area contributed by atoms with Gasteiger partial charge in [-0.05, 0) is 36.4 Å². The van der Waals surface area contributed by atoms with Crippen LogP contribution in [0.3, 0.4) is 0 Å². The second-order valence-electron chi connectivity index (χ2n) is 6.13. The number of carbonyl (C=O) groups excluding carboxylic acids is 3. The van der Waals surface area contributed by atoms with Gasteiger partial charge in [0.05, 0.1) is 46.8 Å². The number of hydrogen-bond donors (Lipinski definition) is 1. The van der Waals surface area contributed by atoms with Crippen molar-refractivity contribution in [1.82, 2.24) is 4.31 Å². The van der Waals surface area contributed by atoms with E-state index in [0.29, 0.717) is 10.7 Å². The minimum Gasteiger partial charge on any atom is -0.465 e. The van der Waals surface area contributed by atoms with Crippen LogP contribution in [-0.2, 0) is 24.3 Å². The maximum Gasteiger partial charge on any atom is 0.339 e. The second kappa shape index (κ2) is 10.1. The molecule has 2 aromatic carbocycles. The normalized spacial score (nSPS) is 11.2. The summed E-state index contributed by atoms with van der Waals surface area (Å²) in [7, 11) is -1.01. The number of esters is 2. The SMILES string of the molecule is COC(=O)c1ccc(C(=O)OC)c(S(=O)(=O)N(C)CC(=O)Nc2ccc(Cl)c(Cl)c2)c1. The molecule has 2 aromatic rings. The van der Waals surface area contributed by atoms with Gasteiger partial charge in [-0.2, -0.15) is 4.31 Å². The monoisotopic (exact) mass is 488 g/mol. The zero-order valence-electron chi connectivity index (χ0n) is 16.6. The number of methoxy groups -OCH3 is 2. The number of carbonyl (C=O) groups is 3. The molecular weight excluding hydrogens is 471 g/mol. The van der Waals surface area contributed by atoms with Crippen molar-refractivity contribution in [3.63, 3.8) is 0 Å². The highest BCUT2D eigenvalue weighted by molar-refractivity contribution is 7.89. The van der Waals surface area contributed by atoms with Crippen molar-refractivity contribution in [1.29, 1.82) is 0 Å². The van der Waals surface area contributed by atoms with Crippen molar-refractivity contribution in [2.75, 3.05) is 33.1 Å². The fraction of sp³-hybridized carbons (Fsp3) is 0.211.